The second-order valence-electron chi connectivity index (χ2n) is 6.78. The summed E-state index contributed by atoms with van der Waals surface area (Å²) < 4.78 is 30.5. The van der Waals surface area contributed by atoms with E-state index in [1.54, 1.807) is 0 Å². The standard InChI is InChI=1S/C22H29NO11/c1-5-17(24)30-10-16(11-31-18(25)6-2)9-29-12-22(15-34-21(23)28,13-32-19(26)7-3)14-33-20(27)8-4/h5-8,16H,1-4,9-15H2,(H2,23,28). The number of hydrogen-bond acceptors (Lipinski definition) is 11. The van der Waals surface area contributed by atoms with Crippen molar-refractivity contribution in [3.63, 3.8) is 0 Å². The lowest BCUT2D eigenvalue weighted by molar-refractivity contribution is -0.155. The molecule has 0 unspecified atom stereocenters. The third kappa shape index (κ3) is 13.5. The van der Waals surface area contributed by atoms with Crippen LogP contribution in [-0.2, 0) is 47.6 Å². The van der Waals surface area contributed by atoms with Crippen LogP contribution in [0.4, 0.5) is 4.79 Å². The molecule has 0 radical (unpaired) electrons. The highest BCUT2D eigenvalue weighted by atomic mass is 16.6. The molecule has 2 N–H and O–H groups in total. The van der Waals surface area contributed by atoms with Crippen LogP contribution in [0.5, 0.6) is 0 Å². The molecule has 0 bridgehead atoms. The van der Waals surface area contributed by atoms with E-state index in [4.69, 9.17) is 34.2 Å². The summed E-state index contributed by atoms with van der Waals surface area (Å²) in [5.74, 6) is -3.59. The zero-order valence-corrected chi connectivity index (χ0v) is 18.7. The van der Waals surface area contributed by atoms with Crippen LogP contribution < -0.4 is 5.73 Å². The number of hydrogen-bond donors (Lipinski definition) is 1. The molecule has 0 aromatic rings. The monoisotopic (exact) mass is 483 g/mol. The summed E-state index contributed by atoms with van der Waals surface area (Å²) >= 11 is 0. The lowest BCUT2D eigenvalue weighted by Crippen LogP contribution is -2.44. The number of carbonyl (C=O) groups is 5. The van der Waals surface area contributed by atoms with E-state index in [-0.39, 0.29) is 26.4 Å². The second kappa shape index (κ2) is 16.7. The molecule has 0 saturated heterocycles. The molecular formula is C22H29NO11. The Morgan fingerprint density at radius 2 is 1.00 bits per heavy atom. The summed E-state index contributed by atoms with van der Waals surface area (Å²) in [6, 6.07) is 0. The van der Waals surface area contributed by atoms with Gasteiger partial charge in [-0.1, -0.05) is 26.3 Å². The van der Waals surface area contributed by atoms with Gasteiger partial charge in [0.25, 0.3) is 0 Å². The van der Waals surface area contributed by atoms with E-state index in [1.807, 2.05) is 0 Å². The maximum atomic E-state index is 11.6. The first-order valence-corrected chi connectivity index (χ1v) is 9.78. The molecule has 12 nitrogen and oxygen atoms in total. The van der Waals surface area contributed by atoms with E-state index in [0.29, 0.717) is 0 Å². The van der Waals surface area contributed by atoms with Crippen LogP contribution in [0.2, 0.25) is 0 Å². The summed E-state index contributed by atoms with van der Waals surface area (Å²) in [7, 11) is 0. The Morgan fingerprint density at radius 3 is 1.38 bits per heavy atom. The first kappa shape index (κ1) is 30.1. The molecule has 12 heteroatoms. The largest absolute Gasteiger partial charge is 0.462 e. The van der Waals surface area contributed by atoms with E-state index >= 15 is 0 Å². The van der Waals surface area contributed by atoms with Crippen LogP contribution in [0.15, 0.2) is 50.6 Å². The van der Waals surface area contributed by atoms with Crippen LogP contribution in [-0.4, -0.2) is 76.2 Å². The first-order chi connectivity index (χ1) is 16.1. The van der Waals surface area contributed by atoms with Gasteiger partial charge in [0.1, 0.15) is 19.8 Å². The Morgan fingerprint density at radius 1 is 0.618 bits per heavy atom. The van der Waals surface area contributed by atoms with Gasteiger partial charge in [-0.15, -0.1) is 0 Å². The van der Waals surface area contributed by atoms with Crippen molar-refractivity contribution in [3.05, 3.63) is 50.6 Å². The predicted octanol–water partition coefficient (Wildman–Crippen LogP) is 0.618. The van der Waals surface area contributed by atoms with Crippen LogP contribution >= 0.6 is 0 Å². The Balaban J connectivity index is 5.47. The molecule has 0 atom stereocenters. The van der Waals surface area contributed by atoms with Gasteiger partial charge < -0.3 is 34.2 Å². The lowest BCUT2D eigenvalue weighted by Gasteiger charge is -2.32. The molecule has 0 spiro atoms. The number of ether oxygens (including phenoxy) is 6. The van der Waals surface area contributed by atoms with Gasteiger partial charge in [-0.05, 0) is 0 Å². The quantitative estimate of drug-likeness (QED) is 0.165. The van der Waals surface area contributed by atoms with Gasteiger partial charge >= 0.3 is 30.0 Å². The van der Waals surface area contributed by atoms with E-state index in [0.717, 1.165) is 24.3 Å². The van der Waals surface area contributed by atoms with E-state index in [9.17, 15) is 24.0 Å². The van der Waals surface area contributed by atoms with Gasteiger partial charge in [0.2, 0.25) is 0 Å². The molecule has 0 aliphatic rings. The van der Waals surface area contributed by atoms with Crippen molar-refractivity contribution in [2.24, 2.45) is 17.1 Å². The fourth-order valence-corrected chi connectivity index (χ4v) is 2.14. The molecule has 0 rings (SSSR count). The molecule has 0 aliphatic heterocycles. The van der Waals surface area contributed by atoms with Crippen molar-refractivity contribution in [2.75, 3.05) is 46.2 Å². The summed E-state index contributed by atoms with van der Waals surface area (Å²) in [5.41, 5.74) is 3.67. The van der Waals surface area contributed by atoms with E-state index in [1.165, 1.54) is 0 Å². The highest BCUT2D eigenvalue weighted by Gasteiger charge is 2.36. The number of amides is 1. The average Bonchev–Trinajstić information content (AvgIpc) is 2.84. The van der Waals surface area contributed by atoms with Gasteiger partial charge in [-0.25, -0.2) is 24.0 Å². The second-order valence-corrected chi connectivity index (χ2v) is 6.78. The van der Waals surface area contributed by atoms with Crippen molar-refractivity contribution >= 4 is 30.0 Å². The molecule has 34 heavy (non-hydrogen) atoms. The normalized spacial score (nSPS) is 10.4. The van der Waals surface area contributed by atoms with Crippen LogP contribution in [0.1, 0.15) is 0 Å². The molecule has 0 aliphatic carbocycles. The smallest absolute Gasteiger partial charge is 0.404 e. The number of esters is 4. The first-order valence-electron chi connectivity index (χ1n) is 9.78. The number of primary amides is 1. The molecule has 0 aromatic heterocycles. The van der Waals surface area contributed by atoms with Crippen molar-refractivity contribution in [3.8, 4) is 0 Å². The molecule has 0 heterocycles. The summed E-state index contributed by atoms with van der Waals surface area (Å²) in [6.45, 7) is 11.1. The minimum atomic E-state index is -1.37. The SMILES string of the molecule is C=CC(=O)OCC(COCC(COC(N)=O)(COC(=O)C=C)COC(=O)C=C)COC(=O)C=C. The van der Waals surface area contributed by atoms with Gasteiger partial charge in [-0.2, -0.15) is 0 Å². The highest BCUT2D eigenvalue weighted by Crippen LogP contribution is 2.22. The van der Waals surface area contributed by atoms with Crippen molar-refractivity contribution in [2.45, 2.75) is 0 Å². The minimum Gasteiger partial charge on any atom is -0.462 e. The fraction of sp³-hybridized carbons (Fsp3) is 0.409. The third-order valence-electron chi connectivity index (χ3n) is 3.91. The zero-order chi connectivity index (χ0) is 26.0. The third-order valence-corrected chi connectivity index (χ3v) is 3.91. The van der Waals surface area contributed by atoms with Crippen molar-refractivity contribution in [1.82, 2.24) is 0 Å². The molecule has 0 aromatic carbocycles. The Kier molecular flexibility index (Phi) is 14.7. The maximum Gasteiger partial charge on any atom is 0.404 e. The average molecular weight is 483 g/mol. The van der Waals surface area contributed by atoms with Crippen LogP contribution in [0.3, 0.4) is 0 Å². The molecule has 188 valence electrons. The van der Waals surface area contributed by atoms with Crippen molar-refractivity contribution < 1.29 is 52.4 Å². The molecular weight excluding hydrogens is 454 g/mol. The van der Waals surface area contributed by atoms with Gasteiger partial charge in [0.05, 0.1) is 37.8 Å². The topological polar surface area (TPSA) is 167 Å². The zero-order valence-electron chi connectivity index (χ0n) is 18.7. The molecule has 1 amide bonds. The minimum absolute atomic E-state index is 0.127. The van der Waals surface area contributed by atoms with Crippen LogP contribution in [0, 0.1) is 11.3 Å². The summed E-state index contributed by atoms with van der Waals surface area (Å²) in [5, 5.41) is 0. The number of carbonyl (C=O) groups excluding carboxylic acids is 5. The Labute approximate surface area is 196 Å². The van der Waals surface area contributed by atoms with Crippen LogP contribution in [0.25, 0.3) is 0 Å². The van der Waals surface area contributed by atoms with Gasteiger partial charge in [0, 0.05) is 24.3 Å². The van der Waals surface area contributed by atoms with Gasteiger partial charge in [0.15, 0.2) is 0 Å². The summed E-state index contributed by atoms with van der Waals surface area (Å²) in [4.78, 5) is 57.1. The van der Waals surface area contributed by atoms with Crippen molar-refractivity contribution in [1.29, 1.82) is 0 Å². The molecule has 0 fully saturated rings. The predicted molar refractivity (Wildman–Crippen MR) is 117 cm³/mol. The number of rotatable bonds is 18. The lowest BCUT2D eigenvalue weighted by atomic mass is 9.92. The summed E-state index contributed by atoms with van der Waals surface area (Å²) in [6.07, 6.45) is 2.62. The Hall–Kier alpha value is -3.93. The maximum absolute atomic E-state index is 11.6. The van der Waals surface area contributed by atoms with E-state index in [2.05, 4.69) is 26.3 Å². The van der Waals surface area contributed by atoms with Gasteiger partial charge in [-0.3, -0.25) is 0 Å². The highest BCUT2D eigenvalue weighted by molar-refractivity contribution is 5.82. The molecule has 0 saturated carbocycles. The fourth-order valence-electron chi connectivity index (χ4n) is 2.14. The van der Waals surface area contributed by atoms with E-state index < -0.39 is 61.1 Å². The Bertz CT molecular complexity index is 727. The number of nitrogens with two attached hydrogens (primary N) is 1.